The normalized spacial score (nSPS) is 19.3. The highest BCUT2D eigenvalue weighted by molar-refractivity contribution is 5.41. The Morgan fingerprint density at radius 3 is 2.58 bits per heavy atom. The average Bonchev–Trinajstić information content (AvgIpc) is 1.91. The van der Waals surface area contributed by atoms with Crippen molar-refractivity contribution < 1.29 is 0 Å². The van der Waals surface area contributed by atoms with E-state index in [2.05, 4.69) is 43.9 Å². The molecule has 2 rings (SSSR count). The molecule has 1 aromatic rings. The van der Waals surface area contributed by atoms with Crippen LogP contribution < -0.4 is 0 Å². The molecule has 0 heteroatoms. The molecule has 0 aliphatic heterocycles. The van der Waals surface area contributed by atoms with Gasteiger partial charge >= 0.3 is 0 Å². The summed E-state index contributed by atoms with van der Waals surface area (Å²) in [4.78, 5) is 0. The molecule has 0 spiro atoms. The zero-order valence-electron chi connectivity index (χ0n) is 7.52. The fraction of sp³-hybridized carbons (Fsp3) is 0.333. The molecule has 1 aliphatic carbocycles. The second kappa shape index (κ2) is 2.68. The minimum atomic E-state index is 0.519. The molecule has 1 aliphatic rings. The van der Waals surface area contributed by atoms with Gasteiger partial charge in [-0.05, 0) is 25.0 Å². The van der Waals surface area contributed by atoms with Crippen molar-refractivity contribution in [3.8, 4) is 11.8 Å². The van der Waals surface area contributed by atoms with E-state index in [-0.39, 0.29) is 0 Å². The van der Waals surface area contributed by atoms with Gasteiger partial charge in [-0.3, -0.25) is 0 Å². The zero-order chi connectivity index (χ0) is 8.55. The van der Waals surface area contributed by atoms with Crippen molar-refractivity contribution in [2.75, 3.05) is 0 Å². The third-order valence-corrected chi connectivity index (χ3v) is 2.38. The summed E-state index contributed by atoms with van der Waals surface area (Å²) in [6.45, 7) is 4.30. The predicted molar refractivity (Wildman–Crippen MR) is 51.1 cm³/mol. The molecule has 0 nitrogen and oxygen atoms in total. The summed E-state index contributed by atoms with van der Waals surface area (Å²) in [5, 5.41) is 0. The molecular weight excluding hydrogens is 144 g/mol. The molecule has 0 radical (unpaired) electrons. The highest BCUT2D eigenvalue weighted by Gasteiger charge is 2.13. The van der Waals surface area contributed by atoms with Gasteiger partial charge in [0.25, 0.3) is 0 Å². The van der Waals surface area contributed by atoms with E-state index in [1.54, 1.807) is 0 Å². The maximum Gasteiger partial charge on any atom is 0.0564 e. The van der Waals surface area contributed by atoms with E-state index in [1.165, 1.54) is 16.7 Å². The van der Waals surface area contributed by atoms with Crippen LogP contribution in [-0.4, -0.2) is 0 Å². The van der Waals surface area contributed by atoms with Crippen LogP contribution in [0.4, 0.5) is 0 Å². The van der Waals surface area contributed by atoms with Crippen molar-refractivity contribution in [3.63, 3.8) is 0 Å². The largest absolute Gasteiger partial charge is 0.101 e. The Bertz CT molecular complexity index is 363. The third kappa shape index (κ3) is 1.12. The van der Waals surface area contributed by atoms with Crippen LogP contribution in [0.5, 0.6) is 0 Å². The van der Waals surface area contributed by atoms with Crippen molar-refractivity contribution >= 4 is 0 Å². The first-order valence-electron chi connectivity index (χ1n) is 4.33. The van der Waals surface area contributed by atoms with Gasteiger partial charge in [0.1, 0.15) is 0 Å². The summed E-state index contributed by atoms with van der Waals surface area (Å²) in [5.41, 5.74) is 4.14. The molecule has 12 heavy (non-hydrogen) atoms. The summed E-state index contributed by atoms with van der Waals surface area (Å²) in [6.07, 6.45) is 1.05. The Balaban J connectivity index is 2.40. The standard InChI is InChI=1S/C12H12/c1-9-6-7-12(10(2)8-9)11-4-3-5-11/h6-8,11H,4H2,1-2H3. The molecular formula is C12H12. The average molecular weight is 156 g/mol. The minimum absolute atomic E-state index is 0.519. The lowest BCUT2D eigenvalue weighted by molar-refractivity contribution is 0.857. The topological polar surface area (TPSA) is 0 Å². The van der Waals surface area contributed by atoms with Crippen LogP contribution >= 0.6 is 0 Å². The van der Waals surface area contributed by atoms with Crippen molar-refractivity contribution in [2.24, 2.45) is 0 Å². The summed E-state index contributed by atoms with van der Waals surface area (Å²) in [6, 6.07) is 6.61. The predicted octanol–water partition coefficient (Wildman–Crippen LogP) is 2.79. The number of aryl methyl sites for hydroxylation is 2. The van der Waals surface area contributed by atoms with E-state index in [9.17, 15) is 0 Å². The first-order valence-corrected chi connectivity index (χ1v) is 4.33. The van der Waals surface area contributed by atoms with E-state index in [0.29, 0.717) is 5.92 Å². The molecule has 1 atom stereocenters. The Morgan fingerprint density at radius 2 is 2.08 bits per heavy atom. The molecule has 0 N–H and O–H groups in total. The van der Waals surface area contributed by atoms with Crippen LogP contribution in [0.1, 0.15) is 29.0 Å². The molecule has 0 aromatic heterocycles. The van der Waals surface area contributed by atoms with Crippen LogP contribution in [0.15, 0.2) is 18.2 Å². The fourth-order valence-corrected chi connectivity index (χ4v) is 1.61. The Morgan fingerprint density at radius 1 is 1.33 bits per heavy atom. The van der Waals surface area contributed by atoms with Gasteiger partial charge < -0.3 is 0 Å². The number of rotatable bonds is 1. The van der Waals surface area contributed by atoms with Gasteiger partial charge in [-0.25, -0.2) is 0 Å². The highest BCUT2D eigenvalue weighted by Crippen LogP contribution is 2.26. The van der Waals surface area contributed by atoms with Crippen molar-refractivity contribution in [1.82, 2.24) is 0 Å². The number of hydrogen-bond donors (Lipinski definition) is 0. The van der Waals surface area contributed by atoms with Crippen LogP contribution in [-0.2, 0) is 0 Å². The molecule has 0 saturated heterocycles. The van der Waals surface area contributed by atoms with E-state index < -0.39 is 0 Å². The van der Waals surface area contributed by atoms with Gasteiger partial charge in [-0.1, -0.05) is 29.7 Å². The molecule has 0 fully saturated rings. The first kappa shape index (κ1) is 7.43. The monoisotopic (exact) mass is 156 g/mol. The van der Waals surface area contributed by atoms with Gasteiger partial charge in [-0.15, -0.1) is 5.92 Å². The second-order valence-corrected chi connectivity index (χ2v) is 3.44. The van der Waals surface area contributed by atoms with Crippen LogP contribution in [0, 0.1) is 25.7 Å². The quantitative estimate of drug-likeness (QED) is 0.548. The summed E-state index contributed by atoms with van der Waals surface area (Å²) < 4.78 is 0. The van der Waals surface area contributed by atoms with Crippen molar-refractivity contribution in [1.29, 1.82) is 0 Å². The van der Waals surface area contributed by atoms with E-state index in [0.717, 1.165) is 6.42 Å². The van der Waals surface area contributed by atoms with Gasteiger partial charge in [-0.2, -0.15) is 0 Å². The van der Waals surface area contributed by atoms with Crippen molar-refractivity contribution in [2.45, 2.75) is 26.2 Å². The third-order valence-electron chi connectivity index (χ3n) is 2.38. The summed E-state index contributed by atoms with van der Waals surface area (Å²) >= 11 is 0. The smallest absolute Gasteiger partial charge is 0.0564 e. The van der Waals surface area contributed by atoms with Gasteiger partial charge in [0.05, 0.1) is 5.92 Å². The molecule has 1 unspecified atom stereocenters. The maximum atomic E-state index is 3.17. The Labute approximate surface area is 73.6 Å². The van der Waals surface area contributed by atoms with Crippen LogP contribution in [0.3, 0.4) is 0 Å². The Hall–Kier alpha value is -1.22. The summed E-state index contributed by atoms with van der Waals surface area (Å²) in [7, 11) is 0. The lowest BCUT2D eigenvalue weighted by Gasteiger charge is -2.16. The van der Waals surface area contributed by atoms with E-state index >= 15 is 0 Å². The fourth-order valence-electron chi connectivity index (χ4n) is 1.61. The van der Waals surface area contributed by atoms with Crippen molar-refractivity contribution in [3.05, 3.63) is 34.9 Å². The van der Waals surface area contributed by atoms with Gasteiger partial charge in [0.15, 0.2) is 0 Å². The van der Waals surface area contributed by atoms with E-state index in [4.69, 9.17) is 0 Å². The maximum absolute atomic E-state index is 3.17. The van der Waals surface area contributed by atoms with Gasteiger partial charge in [0.2, 0.25) is 0 Å². The lowest BCUT2D eigenvalue weighted by atomic mass is 9.87. The van der Waals surface area contributed by atoms with E-state index in [1.807, 2.05) is 0 Å². The molecule has 0 saturated carbocycles. The lowest BCUT2D eigenvalue weighted by Crippen LogP contribution is -2.03. The molecule has 60 valence electrons. The van der Waals surface area contributed by atoms with Crippen LogP contribution in [0.2, 0.25) is 0 Å². The number of hydrogen-bond acceptors (Lipinski definition) is 0. The SMILES string of the molecule is Cc1ccc(C2C#CC2)c(C)c1. The summed E-state index contributed by atoms with van der Waals surface area (Å²) in [5.74, 6) is 6.74. The minimum Gasteiger partial charge on any atom is -0.101 e. The van der Waals surface area contributed by atoms with Gasteiger partial charge in [0, 0.05) is 6.42 Å². The molecule has 0 bridgehead atoms. The molecule has 1 aromatic carbocycles. The zero-order valence-corrected chi connectivity index (χ0v) is 7.52. The second-order valence-electron chi connectivity index (χ2n) is 3.44. The van der Waals surface area contributed by atoms with Crippen LogP contribution in [0.25, 0.3) is 0 Å². The molecule has 0 amide bonds. The highest BCUT2D eigenvalue weighted by atomic mass is 14.2. The first-order chi connectivity index (χ1) is 5.77. The molecule has 0 heterocycles. The number of benzene rings is 1. The Kier molecular flexibility index (Phi) is 1.66.